The number of nitriles is 1. The van der Waals surface area contributed by atoms with E-state index in [0.29, 0.717) is 23.5 Å². The standard InChI is InChI=1S/C19H16N2O4/c1-19(2)18(24)21(11-13-5-3-12(10-20)4-6-13)15-8-7-14(17(22)23)9-16(15)25-19/h3-9H,11H2,1-2H3,(H,22,23). The Morgan fingerprint density at radius 1 is 1.24 bits per heavy atom. The molecule has 2 aromatic carbocycles. The molecule has 6 heteroatoms. The van der Waals surface area contributed by atoms with Crippen LogP contribution in [0.5, 0.6) is 5.75 Å². The number of hydrogen-bond donors (Lipinski definition) is 1. The highest BCUT2D eigenvalue weighted by Gasteiger charge is 2.41. The van der Waals surface area contributed by atoms with Gasteiger partial charge in [0.2, 0.25) is 0 Å². The molecule has 0 radical (unpaired) electrons. The van der Waals surface area contributed by atoms with Crippen LogP contribution in [-0.2, 0) is 11.3 Å². The van der Waals surface area contributed by atoms with Gasteiger partial charge in [-0.05, 0) is 49.7 Å². The maximum atomic E-state index is 12.8. The van der Waals surface area contributed by atoms with Gasteiger partial charge in [0.25, 0.3) is 5.91 Å². The first-order chi connectivity index (χ1) is 11.8. The Balaban J connectivity index is 2.01. The van der Waals surface area contributed by atoms with E-state index in [0.717, 1.165) is 5.56 Å². The van der Waals surface area contributed by atoms with Gasteiger partial charge in [0, 0.05) is 0 Å². The van der Waals surface area contributed by atoms with Gasteiger partial charge in [0.15, 0.2) is 5.60 Å². The van der Waals surface area contributed by atoms with Crippen LogP contribution in [0, 0.1) is 11.3 Å². The van der Waals surface area contributed by atoms with E-state index in [9.17, 15) is 9.59 Å². The number of carboxylic acid groups (broad SMARTS) is 1. The number of amides is 1. The number of ether oxygens (including phenoxy) is 1. The second-order valence-electron chi connectivity index (χ2n) is 6.30. The molecule has 25 heavy (non-hydrogen) atoms. The van der Waals surface area contributed by atoms with Crippen molar-refractivity contribution >= 4 is 17.6 Å². The third kappa shape index (κ3) is 3.04. The summed E-state index contributed by atoms with van der Waals surface area (Å²) < 4.78 is 5.73. The molecular weight excluding hydrogens is 320 g/mol. The third-order valence-corrected chi connectivity index (χ3v) is 4.05. The van der Waals surface area contributed by atoms with Crippen molar-refractivity contribution < 1.29 is 19.4 Å². The number of carboxylic acids is 1. The number of rotatable bonds is 3. The van der Waals surface area contributed by atoms with Crippen LogP contribution in [0.1, 0.15) is 35.3 Å². The lowest BCUT2D eigenvalue weighted by atomic mass is 10.0. The molecule has 0 atom stereocenters. The van der Waals surface area contributed by atoms with Gasteiger partial charge >= 0.3 is 5.97 Å². The van der Waals surface area contributed by atoms with Crippen molar-refractivity contribution in [3.05, 3.63) is 59.2 Å². The average Bonchev–Trinajstić information content (AvgIpc) is 2.58. The van der Waals surface area contributed by atoms with Gasteiger partial charge < -0.3 is 14.7 Å². The van der Waals surface area contributed by atoms with Crippen molar-refractivity contribution in [1.82, 2.24) is 0 Å². The van der Waals surface area contributed by atoms with Crippen molar-refractivity contribution in [3.63, 3.8) is 0 Å². The van der Waals surface area contributed by atoms with Crippen LogP contribution in [0.2, 0.25) is 0 Å². The number of aromatic carboxylic acids is 1. The minimum atomic E-state index is -1.10. The Kier molecular flexibility index (Phi) is 3.93. The van der Waals surface area contributed by atoms with E-state index in [1.165, 1.54) is 12.1 Å². The van der Waals surface area contributed by atoms with Gasteiger partial charge in [-0.2, -0.15) is 5.26 Å². The molecule has 0 bridgehead atoms. The Morgan fingerprint density at radius 2 is 1.92 bits per heavy atom. The van der Waals surface area contributed by atoms with Crippen LogP contribution in [0.4, 0.5) is 5.69 Å². The number of hydrogen-bond acceptors (Lipinski definition) is 4. The van der Waals surface area contributed by atoms with E-state index < -0.39 is 11.6 Å². The molecule has 0 unspecified atom stereocenters. The first-order valence-corrected chi connectivity index (χ1v) is 7.69. The molecule has 126 valence electrons. The van der Waals surface area contributed by atoms with Crippen molar-refractivity contribution in [2.24, 2.45) is 0 Å². The molecule has 1 heterocycles. The van der Waals surface area contributed by atoms with Crippen LogP contribution in [0.25, 0.3) is 0 Å². The maximum absolute atomic E-state index is 12.8. The van der Waals surface area contributed by atoms with Gasteiger partial charge in [-0.15, -0.1) is 0 Å². The molecule has 0 fully saturated rings. The topological polar surface area (TPSA) is 90.6 Å². The van der Waals surface area contributed by atoms with Crippen LogP contribution < -0.4 is 9.64 Å². The van der Waals surface area contributed by atoms with Crippen LogP contribution in [0.15, 0.2) is 42.5 Å². The predicted molar refractivity (Wildman–Crippen MR) is 90.5 cm³/mol. The number of carbonyl (C=O) groups is 2. The molecule has 0 spiro atoms. The van der Waals surface area contributed by atoms with Crippen molar-refractivity contribution in [2.45, 2.75) is 26.0 Å². The van der Waals surface area contributed by atoms with Crippen LogP contribution in [-0.4, -0.2) is 22.6 Å². The lowest BCUT2D eigenvalue weighted by Gasteiger charge is -2.39. The first-order valence-electron chi connectivity index (χ1n) is 7.69. The van der Waals surface area contributed by atoms with Gasteiger partial charge in [0.05, 0.1) is 29.4 Å². The fourth-order valence-corrected chi connectivity index (χ4v) is 2.73. The summed E-state index contributed by atoms with van der Waals surface area (Å²) in [5, 5.41) is 18.0. The summed E-state index contributed by atoms with van der Waals surface area (Å²) in [5.41, 5.74) is 0.930. The number of anilines is 1. The maximum Gasteiger partial charge on any atom is 0.335 e. The quantitative estimate of drug-likeness (QED) is 0.930. The molecule has 1 aliphatic rings. The Bertz CT molecular complexity index is 895. The number of benzene rings is 2. The lowest BCUT2D eigenvalue weighted by molar-refractivity contribution is -0.132. The van der Waals surface area contributed by atoms with Crippen LogP contribution in [0.3, 0.4) is 0 Å². The molecule has 0 saturated heterocycles. The summed E-state index contributed by atoms with van der Waals surface area (Å²) in [6.45, 7) is 3.60. The second-order valence-corrected chi connectivity index (χ2v) is 6.30. The molecule has 1 N–H and O–H groups in total. The zero-order valence-corrected chi connectivity index (χ0v) is 13.8. The first kappa shape index (κ1) is 16.5. The average molecular weight is 336 g/mol. The van der Waals surface area contributed by atoms with Gasteiger partial charge in [-0.25, -0.2) is 4.79 Å². The fourth-order valence-electron chi connectivity index (χ4n) is 2.73. The van der Waals surface area contributed by atoms with Gasteiger partial charge in [0.1, 0.15) is 5.75 Å². The summed E-state index contributed by atoms with van der Waals surface area (Å²) in [6, 6.07) is 13.5. The van der Waals surface area contributed by atoms with Crippen molar-refractivity contribution in [2.75, 3.05) is 4.90 Å². The SMILES string of the molecule is CC1(C)Oc2cc(C(=O)O)ccc2N(Cc2ccc(C#N)cc2)C1=O. The predicted octanol–water partition coefficient (Wildman–Crippen LogP) is 2.96. The van der Waals surface area contributed by atoms with Crippen molar-refractivity contribution in [1.29, 1.82) is 5.26 Å². The summed E-state index contributed by atoms with van der Waals surface area (Å²) >= 11 is 0. The summed E-state index contributed by atoms with van der Waals surface area (Å²) in [6.07, 6.45) is 0. The summed E-state index contributed by atoms with van der Waals surface area (Å²) in [7, 11) is 0. The fraction of sp³-hybridized carbons (Fsp3) is 0.211. The molecular formula is C19H16N2O4. The summed E-state index contributed by atoms with van der Waals surface area (Å²) in [4.78, 5) is 25.5. The van der Waals surface area contributed by atoms with Crippen LogP contribution >= 0.6 is 0 Å². The smallest absolute Gasteiger partial charge is 0.335 e. The molecule has 1 amide bonds. The van der Waals surface area contributed by atoms with E-state index in [2.05, 4.69) is 6.07 Å². The number of nitrogens with zero attached hydrogens (tertiary/aromatic N) is 2. The zero-order valence-electron chi connectivity index (χ0n) is 13.8. The number of fused-ring (bicyclic) bond motifs is 1. The molecule has 2 aromatic rings. The third-order valence-electron chi connectivity index (χ3n) is 4.05. The molecule has 1 aliphatic heterocycles. The minimum absolute atomic E-state index is 0.0993. The molecule has 0 aromatic heterocycles. The largest absolute Gasteiger partial charge is 0.478 e. The Morgan fingerprint density at radius 3 is 2.52 bits per heavy atom. The summed E-state index contributed by atoms with van der Waals surface area (Å²) in [5.74, 6) is -0.912. The lowest BCUT2D eigenvalue weighted by Crippen LogP contribution is -2.52. The van der Waals surface area contributed by atoms with E-state index >= 15 is 0 Å². The van der Waals surface area contributed by atoms with E-state index in [4.69, 9.17) is 15.1 Å². The molecule has 0 aliphatic carbocycles. The minimum Gasteiger partial charge on any atom is -0.478 e. The van der Waals surface area contributed by atoms with Gasteiger partial charge in [-0.1, -0.05) is 12.1 Å². The second kappa shape index (κ2) is 5.95. The Hall–Kier alpha value is -3.33. The van der Waals surface area contributed by atoms with E-state index in [1.807, 2.05) is 0 Å². The normalized spacial score (nSPS) is 15.1. The number of carbonyl (C=O) groups excluding carboxylic acids is 1. The highest BCUT2D eigenvalue weighted by atomic mass is 16.5. The molecule has 6 nitrogen and oxygen atoms in total. The van der Waals surface area contributed by atoms with E-state index in [-0.39, 0.29) is 11.5 Å². The zero-order chi connectivity index (χ0) is 18.2. The highest BCUT2D eigenvalue weighted by molar-refractivity contribution is 6.03. The van der Waals surface area contributed by atoms with Gasteiger partial charge in [-0.3, -0.25) is 4.79 Å². The molecule has 3 rings (SSSR count). The van der Waals surface area contributed by atoms with E-state index in [1.54, 1.807) is 49.1 Å². The highest BCUT2D eigenvalue weighted by Crippen LogP contribution is 2.39. The molecule has 0 saturated carbocycles. The monoisotopic (exact) mass is 336 g/mol. The Labute approximate surface area is 144 Å². The van der Waals surface area contributed by atoms with Crippen molar-refractivity contribution in [3.8, 4) is 11.8 Å².